The first kappa shape index (κ1) is 34.5. The number of nitrogens with two attached hydrogens (primary N) is 1. The number of phosphoric acid groups is 1. The fourth-order valence-electron chi connectivity index (χ4n) is 2.96. The predicted octanol–water partition coefficient (Wildman–Crippen LogP) is 5.91. The summed E-state index contributed by atoms with van der Waals surface area (Å²) in [5.41, 5.74) is 5.17. The molecule has 4 N–H and O–H groups in total. The van der Waals surface area contributed by atoms with E-state index in [1.165, 1.54) is 25.7 Å². The maximum atomic E-state index is 11.7. The molecule has 0 aromatic rings. The number of ether oxygens (including phenoxy) is 1. The molecule has 0 saturated carbocycles. The van der Waals surface area contributed by atoms with E-state index in [1.807, 2.05) is 0 Å². The maximum absolute atomic E-state index is 11.7. The number of carbonyl (C=O) groups is 1. The Bertz CT molecular complexity index is 692. The first-order valence-electron chi connectivity index (χ1n) is 13.2. The Hall–Kier alpha value is -1.54. The first-order chi connectivity index (χ1) is 17.4. The molecule has 0 rings (SSSR count). The SMILES string of the molecule is CCCCC/C=C\C/C=C\C/C=C\C/C=C\CCCCCC(=O)OC[C@@H](O)COP(=O)(O)OCCN. The molecule has 9 heteroatoms. The van der Waals surface area contributed by atoms with E-state index in [-0.39, 0.29) is 26.2 Å². The van der Waals surface area contributed by atoms with Crippen molar-refractivity contribution in [3.63, 3.8) is 0 Å². The number of rotatable bonds is 24. The van der Waals surface area contributed by atoms with E-state index < -0.39 is 26.5 Å². The second-order valence-electron chi connectivity index (χ2n) is 8.41. The predicted molar refractivity (Wildman–Crippen MR) is 145 cm³/mol. The van der Waals surface area contributed by atoms with Crippen molar-refractivity contribution in [2.45, 2.75) is 90.1 Å². The van der Waals surface area contributed by atoms with Gasteiger partial charge < -0.3 is 20.5 Å². The van der Waals surface area contributed by atoms with Gasteiger partial charge in [-0.2, -0.15) is 0 Å². The van der Waals surface area contributed by atoms with Gasteiger partial charge >= 0.3 is 13.8 Å². The largest absolute Gasteiger partial charge is 0.472 e. The summed E-state index contributed by atoms with van der Waals surface area (Å²) in [7, 11) is -4.25. The van der Waals surface area contributed by atoms with Crippen LogP contribution in [-0.2, 0) is 23.1 Å². The number of esters is 1. The number of allylic oxidation sites excluding steroid dienone is 8. The zero-order chi connectivity index (χ0) is 26.7. The Morgan fingerprint density at radius 1 is 0.833 bits per heavy atom. The van der Waals surface area contributed by atoms with Gasteiger partial charge in [0.1, 0.15) is 12.7 Å². The van der Waals surface area contributed by atoms with Crippen molar-refractivity contribution < 1.29 is 33.1 Å². The van der Waals surface area contributed by atoms with Gasteiger partial charge in [0.05, 0.1) is 13.2 Å². The molecule has 0 fully saturated rings. The highest BCUT2D eigenvalue weighted by Crippen LogP contribution is 2.42. The lowest BCUT2D eigenvalue weighted by molar-refractivity contribution is -0.147. The highest BCUT2D eigenvalue weighted by Gasteiger charge is 2.22. The van der Waals surface area contributed by atoms with Crippen molar-refractivity contribution in [2.75, 3.05) is 26.4 Å². The lowest BCUT2D eigenvalue weighted by atomic mass is 10.1. The molecular formula is C27H48NO7P. The van der Waals surface area contributed by atoms with Crippen LogP contribution in [0.5, 0.6) is 0 Å². The molecule has 0 heterocycles. The maximum Gasteiger partial charge on any atom is 0.472 e. The molecule has 8 nitrogen and oxygen atoms in total. The number of hydrogen-bond acceptors (Lipinski definition) is 7. The zero-order valence-electron chi connectivity index (χ0n) is 22.0. The molecule has 0 amide bonds. The summed E-state index contributed by atoms with van der Waals surface area (Å²) in [6.45, 7) is 1.36. The number of carbonyl (C=O) groups excluding carboxylic acids is 1. The minimum atomic E-state index is -4.25. The van der Waals surface area contributed by atoms with Crippen LogP contribution in [-0.4, -0.2) is 48.4 Å². The molecule has 0 radical (unpaired) electrons. The lowest BCUT2D eigenvalue weighted by Gasteiger charge is -2.15. The van der Waals surface area contributed by atoms with Gasteiger partial charge in [-0.25, -0.2) is 4.57 Å². The highest BCUT2D eigenvalue weighted by atomic mass is 31.2. The summed E-state index contributed by atoms with van der Waals surface area (Å²) in [5, 5.41) is 9.69. The number of hydrogen-bond donors (Lipinski definition) is 3. The summed E-state index contributed by atoms with van der Waals surface area (Å²) in [4.78, 5) is 21.0. The fourth-order valence-corrected chi connectivity index (χ4v) is 3.74. The summed E-state index contributed by atoms with van der Waals surface area (Å²) in [6, 6.07) is 0. The molecular weight excluding hydrogens is 481 g/mol. The van der Waals surface area contributed by atoms with E-state index in [4.69, 9.17) is 10.5 Å². The topological polar surface area (TPSA) is 128 Å². The van der Waals surface area contributed by atoms with Crippen molar-refractivity contribution in [2.24, 2.45) is 5.73 Å². The van der Waals surface area contributed by atoms with Crippen LogP contribution in [0.2, 0.25) is 0 Å². The van der Waals surface area contributed by atoms with Gasteiger partial charge in [0.25, 0.3) is 0 Å². The normalized spacial score (nSPS) is 14.9. The standard InChI is InChI=1S/C27H48NO7P/c1-2-3-4-5-6-7-8-9-10-11-12-13-14-15-16-17-18-19-20-21-27(30)33-24-26(29)25-35-36(31,32)34-23-22-28/h6-7,9-10,12-13,15-16,26,29H,2-5,8,11,14,17-25,28H2,1H3,(H,31,32)/b7-6-,10-9-,13-12-,16-15-/t26-/m1/s1. The van der Waals surface area contributed by atoms with Crippen molar-refractivity contribution in [3.8, 4) is 0 Å². The Morgan fingerprint density at radius 3 is 1.94 bits per heavy atom. The van der Waals surface area contributed by atoms with Crippen LogP contribution in [0, 0.1) is 0 Å². The molecule has 1 unspecified atom stereocenters. The van der Waals surface area contributed by atoms with E-state index in [9.17, 15) is 19.4 Å². The van der Waals surface area contributed by atoms with Crippen LogP contribution >= 0.6 is 7.82 Å². The lowest BCUT2D eigenvalue weighted by Crippen LogP contribution is -2.23. The summed E-state index contributed by atoms with van der Waals surface area (Å²) >= 11 is 0. The molecule has 0 aromatic carbocycles. The molecule has 0 aliphatic rings. The van der Waals surface area contributed by atoms with Gasteiger partial charge in [0.15, 0.2) is 0 Å². The second kappa shape index (κ2) is 25.1. The molecule has 0 spiro atoms. The average Bonchev–Trinajstić information content (AvgIpc) is 2.86. The fraction of sp³-hybridized carbons (Fsp3) is 0.667. The van der Waals surface area contributed by atoms with Crippen LogP contribution in [0.3, 0.4) is 0 Å². The number of aliphatic hydroxyl groups excluding tert-OH is 1. The molecule has 36 heavy (non-hydrogen) atoms. The van der Waals surface area contributed by atoms with Gasteiger partial charge in [0, 0.05) is 13.0 Å². The van der Waals surface area contributed by atoms with E-state index in [2.05, 4.69) is 64.6 Å². The summed E-state index contributed by atoms with van der Waals surface area (Å²) in [5.74, 6) is -0.418. The van der Waals surface area contributed by atoms with Crippen LogP contribution in [0.4, 0.5) is 0 Å². The average molecular weight is 530 g/mol. The molecule has 0 aromatic heterocycles. The van der Waals surface area contributed by atoms with E-state index >= 15 is 0 Å². The van der Waals surface area contributed by atoms with Gasteiger partial charge in [-0.1, -0.05) is 74.8 Å². The van der Waals surface area contributed by atoms with E-state index in [0.717, 1.165) is 38.5 Å². The number of aliphatic hydroxyl groups is 1. The van der Waals surface area contributed by atoms with Crippen molar-refractivity contribution >= 4 is 13.8 Å². The number of unbranched alkanes of at least 4 members (excludes halogenated alkanes) is 6. The Labute approximate surface area is 217 Å². The quantitative estimate of drug-likeness (QED) is 0.0609. The number of phosphoric ester groups is 1. The Balaban J connectivity index is 3.61. The van der Waals surface area contributed by atoms with Crippen molar-refractivity contribution in [1.29, 1.82) is 0 Å². The summed E-state index contributed by atoms with van der Waals surface area (Å²) < 4.78 is 25.5. The minimum Gasteiger partial charge on any atom is -0.463 e. The van der Waals surface area contributed by atoms with E-state index in [1.54, 1.807) is 0 Å². The summed E-state index contributed by atoms with van der Waals surface area (Å²) in [6.07, 6.45) is 28.2. The van der Waals surface area contributed by atoms with Gasteiger partial charge in [-0.3, -0.25) is 13.8 Å². The molecule has 2 atom stereocenters. The molecule has 208 valence electrons. The van der Waals surface area contributed by atoms with Crippen LogP contribution in [0.1, 0.15) is 84.0 Å². The Kier molecular flexibility index (Phi) is 24.0. The monoisotopic (exact) mass is 529 g/mol. The third-order valence-corrected chi connectivity index (χ3v) is 5.93. The molecule has 0 saturated heterocycles. The van der Waals surface area contributed by atoms with Gasteiger partial charge in [-0.15, -0.1) is 0 Å². The molecule has 0 bridgehead atoms. The van der Waals surface area contributed by atoms with Gasteiger partial charge in [0.2, 0.25) is 0 Å². The zero-order valence-corrected chi connectivity index (χ0v) is 22.9. The highest BCUT2D eigenvalue weighted by molar-refractivity contribution is 7.47. The molecule has 0 aliphatic carbocycles. The van der Waals surface area contributed by atoms with Crippen LogP contribution in [0.15, 0.2) is 48.6 Å². The second-order valence-corrected chi connectivity index (χ2v) is 9.86. The van der Waals surface area contributed by atoms with E-state index in [0.29, 0.717) is 6.42 Å². The first-order valence-corrected chi connectivity index (χ1v) is 14.7. The smallest absolute Gasteiger partial charge is 0.463 e. The Morgan fingerprint density at radius 2 is 1.39 bits per heavy atom. The van der Waals surface area contributed by atoms with Crippen LogP contribution < -0.4 is 5.73 Å². The third kappa shape index (κ3) is 25.5. The van der Waals surface area contributed by atoms with Gasteiger partial charge in [-0.05, 0) is 51.4 Å². The minimum absolute atomic E-state index is 0.0671. The van der Waals surface area contributed by atoms with Crippen molar-refractivity contribution in [3.05, 3.63) is 48.6 Å². The molecule has 0 aliphatic heterocycles. The third-order valence-electron chi connectivity index (χ3n) is 4.95. The van der Waals surface area contributed by atoms with Crippen molar-refractivity contribution in [1.82, 2.24) is 0 Å². The van der Waals surface area contributed by atoms with Crippen LogP contribution in [0.25, 0.3) is 0 Å².